The van der Waals surface area contributed by atoms with Gasteiger partial charge in [-0.05, 0) is 36.6 Å². The van der Waals surface area contributed by atoms with Crippen LogP contribution in [0.4, 0.5) is 5.13 Å². The lowest BCUT2D eigenvalue weighted by molar-refractivity contribution is -0.113. The molecule has 4 aromatic rings. The van der Waals surface area contributed by atoms with Gasteiger partial charge in [0.15, 0.2) is 16.1 Å². The van der Waals surface area contributed by atoms with Crippen LogP contribution in [0.25, 0.3) is 10.2 Å². The van der Waals surface area contributed by atoms with Crippen molar-refractivity contribution in [3.05, 3.63) is 78.6 Å². The first kappa shape index (κ1) is 25.6. The maximum Gasteiger partial charge on any atom is 0.251 e. The highest BCUT2D eigenvalue weighted by atomic mass is 32.2. The van der Waals surface area contributed by atoms with E-state index in [2.05, 4.69) is 46.2 Å². The van der Waals surface area contributed by atoms with Gasteiger partial charge in [0.25, 0.3) is 5.91 Å². The summed E-state index contributed by atoms with van der Waals surface area (Å²) in [6.07, 6.45) is 2.44. The molecule has 186 valence electrons. The third-order valence-corrected chi connectivity index (χ3v) is 7.21. The van der Waals surface area contributed by atoms with Crippen molar-refractivity contribution >= 4 is 50.3 Å². The summed E-state index contributed by atoms with van der Waals surface area (Å²) >= 11 is 2.72. The molecule has 10 heteroatoms. The second-order valence-electron chi connectivity index (χ2n) is 8.59. The average Bonchev–Trinajstić information content (AvgIpc) is 3.46. The molecule has 8 nitrogen and oxygen atoms in total. The fourth-order valence-electron chi connectivity index (χ4n) is 3.71. The number of amides is 2. The molecule has 0 aliphatic heterocycles. The molecule has 1 atom stereocenters. The monoisotopic (exact) mass is 520 g/mol. The van der Waals surface area contributed by atoms with Gasteiger partial charge in [-0.1, -0.05) is 73.4 Å². The van der Waals surface area contributed by atoms with Crippen LogP contribution in [-0.2, 0) is 11.3 Å². The summed E-state index contributed by atoms with van der Waals surface area (Å²) in [5.74, 6) is 0.762. The normalized spacial score (nSPS) is 12.0. The topological polar surface area (TPSA) is 102 Å². The smallest absolute Gasteiger partial charge is 0.251 e. The quantitative estimate of drug-likeness (QED) is 0.205. The number of hydrogen-bond acceptors (Lipinski definition) is 7. The molecule has 0 spiro atoms. The molecular formula is C26H28N6O2S2. The van der Waals surface area contributed by atoms with E-state index in [1.165, 1.54) is 23.1 Å². The summed E-state index contributed by atoms with van der Waals surface area (Å²) in [7, 11) is 0. The number of hydrogen-bond donors (Lipinski definition) is 2. The maximum atomic E-state index is 12.9. The third kappa shape index (κ3) is 6.38. The van der Waals surface area contributed by atoms with E-state index in [-0.39, 0.29) is 23.6 Å². The lowest BCUT2D eigenvalue weighted by Gasteiger charge is -2.21. The predicted molar refractivity (Wildman–Crippen MR) is 145 cm³/mol. The molecule has 0 aliphatic carbocycles. The number of benzene rings is 2. The van der Waals surface area contributed by atoms with E-state index in [1.807, 2.05) is 47.0 Å². The summed E-state index contributed by atoms with van der Waals surface area (Å²) in [4.78, 5) is 30.0. The number of carbonyl (C=O) groups is 2. The lowest BCUT2D eigenvalue weighted by Crippen LogP contribution is -2.31. The van der Waals surface area contributed by atoms with Crippen molar-refractivity contribution in [3.8, 4) is 0 Å². The highest BCUT2D eigenvalue weighted by molar-refractivity contribution is 7.99. The number of nitrogens with zero attached hydrogens (tertiary/aromatic N) is 4. The number of nitrogens with one attached hydrogen (secondary N) is 2. The number of anilines is 1. The van der Waals surface area contributed by atoms with Gasteiger partial charge in [-0.25, -0.2) is 4.98 Å². The minimum atomic E-state index is -0.337. The Bertz CT molecular complexity index is 1320. The number of carbonyl (C=O) groups excluding carboxylic acids is 2. The van der Waals surface area contributed by atoms with Crippen molar-refractivity contribution in [2.75, 3.05) is 11.1 Å². The Hall–Kier alpha value is -3.50. The second kappa shape index (κ2) is 12.0. The molecular weight excluding hydrogens is 492 g/mol. The number of para-hydroxylation sites is 1. The lowest BCUT2D eigenvalue weighted by atomic mass is 10.0. The zero-order valence-electron chi connectivity index (χ0n) is 20.2. The number of rotatable bonds is 11. The number of fused-ring (bicyclic) bond motifs is 1. The molecule has 1 unspecified atom stereocenters. The van der Waals surface area contributed by atoms with E-state index in [0.717, 1.165) is 10.2 Å². The first-order valence-electron chi connectivity index (χ1n) is 11.6. The molecule has 2 aromatic heterocycles. The minimum Gasteiger partial charge on any atom is -0.342 e. The van der Waals surface area contributed by atoms with Gasteiger partial charge in [-0.2, -0.15) is 0 Å². The Morgan fingerprint density at radius 3 is 2.58 bits per heavy atom. The Morgan fingerprint density at radius 1 is 1.11 bits per heavy atom. The van der Waals surface area contributed by atoms with Crippen LogP contribution in [0.2, 0.25) is 0 Å². The third-order valence-electron chi connectivity index (χ3n) is 5.29. The highest BCUT2D eigenvalue weighted by Gasteiger charge is 2.25. The van der Waals surface area contributed by atoms with E-state index in [0.29, 0.717) is 40.6 Å². The molecule has 0 aliphatic rings. The largest absolute Gasteiger partial charge is 0.342 e. The zero-order chi connectivity index (χ0) is 25.5. The maximum absolute atomic E-state index is 12.9. The van der Waals surface area contributed by atoms with E-state index in [1.54, 1.807) is 18.2 Å². The van der Waals surface area contributed by atoms with Crippen LogP contribution in [0.5, 0.6) is 0 Å². The predicted octanol–water partition coefficient (Wildman–Crippen LogP) is 5.32. The van der Waals surface area contributed by atoms with Gasteiger partial charge < -0.3 is 15.2 Å². The Labute approximate surface area is 218 Å². The van der Waals surface area contributed by atoms with Crippen molar-refractivity contribution in [2.45, 2.75) is 38.0 Å². The number of aromatic nitrogens is 4. The highest BCUT2D eigenvalue weighted by Crippen LogP contribution is 2.27. The van der Waals surface area contributed by atoms with Gasteiger partial charge >= 0.3 is 0 Å². The van der Waals surface area contributed by atoms with E-state index in [4.69, 9.17) is 0 Å². The Kier molecular flexibility index (Phi) is 8.50. The van der Waals surface area contributed by atoms with Crippen LogP contribution < -0.4 is 10.6 Å². The molecule has 2 N–H and O–H groups in total. The Morgan fingerprint density at radius 2 is 1.86 bits per heavy atom. The van der Waals surface area contributed by atoms with Gasteiger partial charge in [-0.3, -0.25) is 9.59 Å². The summed E-state index contributed by atoms with van der Waals surface area (Å²) < 4.78 is 2.92. The molecule has 0 fully saturated rings. The first-order valence-corrected chi connectivity index (χ1v) is 13.4. The van der Waals surface area contributed by atoms with Crippen molar-refractivity contribution in [1.29, 1.82) is 0 Å². The van der Waals surface area contributed by atoms with Gasteiger partial charge in [0.2, 0.25) is 5.91 Å². The summed E-state index contributed by atoms with van der Waals surface area (Å²) in [5, 5.41) is 15.9. The second-order valence-corrected chi connectivity index (χ2v) is 10.6. The minimum absolute atomic E-state index is 0.149. The first-order chi connectivity index (χ1) is 17.4. The number of thioether (sulfide) groups is 1. The van der Waals surface area contributed by atoms with E-state index < -0.39 is 0 Å². The van der Waals surface area contributed by atoms with Gasteiger partial charge in [0, 0.05) is 12.1 Å². The summed E-state index contributed by atoms with van der Waals surface area (Å²) in [6.45, 7) is 8.51. The molecule has 4 rings (SSSR count). The van der Waals surface area contributed by atoms with Crippen molar-refractivity contribution in [3.63, 3.8) is 0 Å². The Balaban J connectivity index is 1.47. The summed E-state index contributed by atoms with van der Waals surface area (Å²) in [5.41, 5.74) is 1.44. The van der Waals surface area contributed by atoms with E-state index >= 15 is 0 Å². The van der Waals surface area contributed by atoms with Crippen LogP contribution in [0, 0.1) is 5.92 Å². The van der Waals surface area contributed by atoms with Gasteiger partial charge in [0.05, 0.1) is 22.0 Å². The summed E-state index contributed by atoms with van der Waals surface area (Å²) in [6, 6.07) is 16.5. The van der Waals surface area contributed by atoms with Crippen LogP contribution in [0.15, 0.2) is 72.4 Å². The zero-order valence-corrected chi connectivity index (χ0v) is 21.8. The standard InChI is InChI=1S/C26H28N6O2S2/c1-4-14-32-23(20(15-17(2)3)27-24(34)18-10-6-5-7-11-18)30-31-26(32)35-16-22(33)29-25-28-19-12-8-9-13-21(19)36-25/h4-13,17,20H,1,14-16H2,2-3H3,(H,27,34)(H,28,29,33). The van der Waals surface area contributed by atoms with Gasteiger partial charge in [-0.15, -0.1) is 16.8 Å². The molecule has 0 bridgehead atoms. The number of thiazole rings is 1. The van der Waals surface area contributed by atoms with Crippen LogP contribution in [0.3, 0.4) is 0 Å². The fraction of sp³-hybridized carbons (Fsp3) is 0.269. The average molecular weight is 521 g/mol. The molecule has 2 heterocycles. The SMILES string of the molecule is C=CCn1c(SCC(=O)Nc2nc3ccccc3s2)nnc1C(CC(C)C)NC(=O)c1ccccc1. The molecule has 2 amide bonds. The molecule has 0 radical (unpaired) electrons. The van der Waals surface area contributed by atoms with Crippen molar-refractivity contribution in [2.24, 2.45) is 5.92 Å². The van der Waals surface area contributed by atoms with Gasteiger partial charge in [0.1, 0.15) is 0 Å². The number of allylic oxidation sites excluding steroid dienone is 1. The van der Waals surface area contributed by atoms with E-state index in [9.17, 15) is 9.59 Å². The van der Waals surface area contributed by atoms with Crippen LogP contribution in [-0.4, -0.2) is 37.3 Å². The fourth-order valence-corrected chi connectivity index (χ4v) is 5.34. The van der Waals surface area contributed by atoms with Crippen molar-refractivity contribution < 1.29 is 9.59 Å². The molecule has 0 saturated carbocycles. The van der Waals surface area contributed by atoms with Crippen molar-refractivity contribution in [1.82, 2.24) is 25.1 Å². The molecule has 0 saturated heterocycles. The molecule has 2 aromatic carbocycles. The molecule has 36 heavy (non-hydrogen) atoms. The van der Waals surface area contributed by atoms with Crippen LogP contribution in [0.1, 0.15) is 42.5 Å². The van der Waals surface area contributed by atoms with Crippen LogP contribution >= 0.6 is 23.1 Å².